The number of hydrogen-bond donors (Lipinski definition) is 1. The lowest BCUT2D eigenvalue weighted by Crippen LogP contribution is -2.32. The Balaban J connectivity index is 2.14. The van der Waals surface area contributed by atoms with Crippen molar-refractivity contribution in [1.29, 1.82) is 5.26 Å². The average molecular weight is 418 g/mol. The smallest absolute Gasteiger partial charge is 0.264 e. The molecule has 0 spiro atoms. The number of halogens is 1. The van der Waals surface area contributed by atoms with Gasteiger partial charge in [-0.25, -0.2) is 8.42 Å². The third-order valence-corrected chi connectivity index (χ3v) is 7.19. The van der Waals surface area contributed by atoms with Crippen LogP contribution in [0.5, 0.6) is 0 Å². The van der Waals surface area contributed by atoms with Crippen molar-refractivity contribution in [3.05, 3.63) is 58.6 Å². The number of unbranched alkanes of at least 4 members (excludes halogenated alkanes) is 2. The summed E-state index contributed by atoms with van der Waals surface area (Å²) in [6.45, 7) is 2.12. The number of fused-ring (bicyclic) bond motifs is 2. The first-order valence-corrected chi connectivity index (χ1v) is 11.2. The SMILES string of the molecule is CCCCCC(C#N)NC1c2ccccc2N(C)S(=O)(=O)c2cc(Cl)ccc21. The molecule has 1 heterocycles. The van der Waals surface area contributed by atoms with Gasteiger partial charge >= 0.3 is 0 Å². The first-order valence-electron chi connectivity index (χ1n) is 9.43. The molecule has 5 nitrogen and oxygen atoms in total. The molecule has 0 aliphatic carbocycles. The van der Waals surface area contributed by atoms with E-state index in [9.17, 15) is 13.7 Å². The second-order valence-electron chi connectivity index (χ2n) is 6.99. The maximum absolute atomic E-state index is 13.2. The molecule has 2 aromatic rings. The van der Waals surface area contributed by atoms with E-state index in [0.717, 1.165) is 24.8 Å². The van der Waals surface area contributed by atoms with Crippen molar-refractivity contribution in [2.45, 2.75) is 49.6 Å². The number of hydrogen-bond acceptors (Lipinski definition) is 4. The minimum Gasteiger partial charge on any atom is -0.291 e. The second kappa shape index (κ2) is 8.52. The average Bonchev–Trinajstić information content (AvgIpc) is 2.76. The fourth-order valence-corrected chi connectivity index (χ4v) is 5.31. The summed E-state index contributed by atoms with van der Waals surface area (Å²) in [6.07, 6.45) is 3.80. The Labute approximate surface area is 172 Å². The van der Waals surface area contributed by atoms with E-state index in [-0.39, 0.29) is 10.9 Å². The normalized spacial score (nSPS) is 18.5. The van der Waals surface area contributed by atoms with Gasteiger partial charge in [-0.3, -0.25) is 9.62 Å². The number of nitriles is 1. The van der Waals surface area contributed by atoms with Crippen molar-refractivity contribution in [2.24, 2.45) is 0 Å². The van der Waals surface area contributed by atoms with Crippen LogP contribution in [-0.4, -0.2) is 21.5 Å². The minimum absolute atomic E-state index is 0.168. The summed E-state index contributed by atoms with van der Waals surface area (Å²) in [5, 5.41) is 13.4. The van der Waals surface area contributed by atoms with Gasteiger partial charge in [0.15, 0.2) is 0 Å². The molecule has 0 saturated heterocycles. The van der Waals surface area contributed by atoms with Crippen LogP contribution in [0.15, 0.2) is 47.4 Å². The lowest BCUT2D eigenvalue weighted by molar-refractivity contribution is 0.490. The second-order valence-corrected chi connectivity index (χ2v) is 9.36. The number of rotatable bonds is 6. The van der Waals surface area contributed by atoms with E-state index >= 15 is 0 Å². The predicted molar refractivity (Wildman–Crippen MR) is 112 cm³/mol. The molecule has 2 unspecified atom stereocenters. The van der Waals surface area contributed by atoms with Gasteiger partial charge in [0, 0.05) is 12.1 Å². The molecule has 2 aromatic carbocycles. The lowest BCUT2D eigenvalue weighted by atomic mass is 9.95. The summed E-state index contributed by atoms with van der Waals surface area (Å²) in [5.41, 5.74) is 2.03. The van der Waals surface area contributed by atoms with E-state index in [2.05, 4.69) is 18.3 Å². The van der Waals surface area contributed by atoms with Gasteiger partial charge < -0.3 is 0 Å². The van der Waals surface area contributed by atoms with Gasteiger partial charge in [0.05, 0.1) is 28.7 Å². The molecule has 28 heavy (non-hydrogen) atoms. The molecular weight excluding hydrogens is 394 g/mol. The quantitative estimate of drug-likeness (QED) is 0.695. The third kappa shape index (κ3) is 3.88. The van der Waals surface area contributed by atoms with E-state index < -0.39 is 16.1 Å². The van der Waals surface area contributed by atoms with Crippen LogP contribution < -0.4 is 9.62 Å². The van der Waals surface area contributed by atoms with E-state index in [1.807, 2.05) is 18.2 Å². The fraction of sp³-hybridized carbons (Fsp3) is 0.381. The van der Waals surface area contributed by atoms with E-state index in [0.29, 0.717) is 22.7 Å². The van der Waals surface area contributed by atoms with Crippen LogP contribution >= 0.6 is 11.6 Å². The Bertz CT molecular complexity index is 1000. The van der Waals surface area contributed by atoms with Crippen LogP contribution in [0.4, 0.5) is 5.69 Å². The van der Waals surface area contributed by atoms with Crippen LogP contribution in [0.2, 0.25) is 5.02 Å². The first kappa shape index (κ1) is 20.7. The predicted octanol–water partition coefficient (Wildman–Crippen LogP) is 4.63. The van der Waals surface area contributed by atoms with Crippen molar-refractivity contribution in [3.8, 4) is 6.07 Å². The number of nitrogens with zero attached hydrogens (tertiary/aromatic N) is 2. The fourth-order valence-electron chi connectivity index (χ4n) is 3.60. The van der Waals surface area contributed by atoms with Crippen molar-refractivity contribution in [2.75, 3.05) is 11.4 Å². The molecule has 148 valence electrons. The maximum atomic E-state index is 13.2. The molecule has 0 bridgehead atoms. The highest BCUT2D eigenvalue weighted by Gasteiger charge is 2.35. The Morgan fingerprint density at radius 2 is 1.96 bits per heavy atom. The first-order chi connectivity index (χ1) is 13.4. The summed E-state index contributed by atoms with van der Waals surface area (Å²) in [5.74, 6) is 0. The van der Waals surface area contributed by atoms with Crippen molar-refractivity contribution < 1.29 is 8.42 Å². The van der Waals surface area contributed by atoms with Gasteiger partial charge in [0.25, 0.3) is 10.0 Å². The number of benzene rings is 2. The zero-order valence-electron chi connectivity index (χ0n) is 16.0. The Morgan fingerprint density at radius 3 is 2.68 bits per heavy atom. The standard InChI is InChI=1S/C21H24ClN3O2S/c1-3-4-5-8-16(14-23)24-21-17-9-6-7-10-19(17)25(2)28(26,27)20-13-15(22)11-12-18(20)21/h6-7,9-13,16,21,24H,3-5,8H2,1-2H3. The molecule has 0 saturated carbocycles. The Hall–Kier alpha value is -2.07. The van der Waals surface area contributed by atoms with Crippen LogP contribution in [0.25, 0.3) is 0 Å². The molecule has 1 N–H and O–H groups in total. The highest BCUT2D eigenvalue weighted by molar-refractivity contribution is 7.92. The number of nitrogens with one attached hydrogen (secondary N) is 1. The van der Waals surface area contributed by atoms with Crippen LogP contribution in [0, 0.1) is 11.3 Å². The van der Waals surface area contributed by atoms with Crippen LogP contribution in [0.3, 0.4) is 0 Å². The Morgan fingerprint density at radius 1 is 1.21 bits per heavy atom. The molecule has 0 fully saturated rings. The molecule has 1 aliphatic rings. The summed E-state index contributed by atoms with van der Waals surface area (Å²) in [7, 11) is -2.22. The largest absolute Gasteiger partial charge is 0.291 e. The summed E-state index contributed by atoms with van der Waals surface area (Å²) in [6, 6.07) is 13.8. The highest BCUT2D eigenvalue weighted by Crippen LogP contribution is 2.41. The van der Waals surface area contributed by atoms with Crippen molar-refractivity contribution in [3.63, 3.8) is 0 Å². The van der Waals surface area contributed by atoms with E-state index in [1.54, 1.807) is 25.2 Å². The number of anilines is 1. The summed E-state index contributed by atoms with van der Waals surface area (Å²) in [4.78, 5) is 0.168. The summed E-state index contributed by atoms with van der Waals surface area (Å²) < 4.78 is 27.7. The van der Waals surface area contributed by atoms with Gasteiger partial charge in [-0.2, -0.15) is 5.26 Å². The maximum Gasteiger partial charge on any atom is 0.264 e. The zero-order valence-corrected chi connectivity index (χ0v) is 17.6. The van der Waals surface area contributed by atoms with Gasteiger partial charge in [0.1, 0.15) is 0 Å². The highest BCUT2D eigenvalue weighted by atomic mass is 35.5. The molecule has 0 amide bonds. The molecule has 1 aliphatic heterocycles. The minimum atomic E-state index is -3.76. The Kier molecular flexibility index (Phi) is 6.29. The molecule has 2 atom stereocenters. The topological polar surface area (TPSA) is 73.2 Å². The number of sulfonamides is 1. The zero-order chi connectivity index (χ0) is 20.3. The van der Waals surface area contributed by atoms with E-state index in [1.165, 1.54) is 10.4 Å². The lowest BCUT2D eigenvalue weighted by Gasteiger charge is -2.24. The monoisotopic (exact) mass is 417 g/mol. The van der Waals surface area contributed by atoms with E-state index in [4.69, 9.17) is 11.6 Å². The van der Waals surface area contributed by atoms with Crippen molar-refractivity contribution >= 4 is 27.3 Å². The molecule has 0 aromatic heterocycles. The molecular formula is C21H24ClN3O2S. The van der Waals surface area contributed by atoms with Gasteiger partial charge in [-0.1, -0.05) is 62.1 Å². The molecule has 3 rings (SSSR count). The van der Waals surface area contributed by atoms with Gasteiger partial charge in [-0.05, 0) is 35.7 Å². The summed E-state index contributed by atoms with van der Waals surface area (Å²) >= 11 is 6.13. The number of para-hydroxylation sites is 1. The van der Waals surface area contributed by atoms with Crippen LogP contribution in [-0.2, 0) is 10.0 Å². The van der Waals surface area contributed by atoms with Crippen LogP contribution in [0.1, 0.15) is 49.8 Å². The van der Waals surface area contributed by atoms with Gasteiger partial charge in [-0.15, -0.1) is 0 Å². The third-order valence-electron chi connectivity index (χ3n) is 5.13. The van der Waals surface area contributed by atoms with Gasteiger partial charge in [0.2, 0.25) is 0 Å². The molecule has 0 radical (unpaired) electrons. The molecule has 7 heteroatoms. The van der Waals surface area contributed by atoms with Crippen molar-refractivity contribution in [1.82, 2.24) is 5.32 Å².